The Kier molecular flexibility index (Phi) is 7.26. The number of hydrogen-bond donors (Lipinski definition) is 2. The highest BCUT2D eigenvalue weighted by atomic mass is 79.9. The average Bonchev–Trinajstić information content (AvgIpc) is 2.63. The predicted octanol–water partition coefficient (Wildman–Crippen LogP) is 3.15. The Bertz CT molecular complexity index is 265. The van der Waals surface area contributed by atoms with E-state index in [0.717, 1.165) is 25.9 Å². The van der Waals surface area contributed by atoms with Crippen molar-refractivity contribution in [2.45, 2.75) is 32.2 Å². The van der Waals surface area contributed by atoms with Gasteiger partial charge in [-0.15, -0.1) is 11.3 Å². The molecule has 15 heavy (non-hydrogen) atoms. The van der Waals surface area contributed by atoms with Gasteiger partial charge in [0, 0.05) is 18.0 Å². The summed E-state index contributed by atoms with van der Waals surface area (Å²) in [5, 5.41) is 12.0. The molecule has 0 radical (unpaired) electrons. The van der Waals surface area contributed by atoms with Crippen LogP contribution in [0.4, 0.5) is 0 Å². The first-order valence-electron chi connectivity index (χ1n) is 5.38. The third-order valence-corrected chi connectivity index (χ3v) is 3.81. The van der Waals surface area contributed by atoms with Crippen LogP contribution in [0.2, 0.25) is 0 Å². The van der Waals surface area contributed by atoms with E-state index in [9.17, 15) is 0 Å². The van der Waals surface area contributed by atoms with E-state index in [0.29, 0.717) is 6.61 Å². The SMILES string of the molecule is OCCCCCCNCc1ccc(Br)s1. The Balaban J connectivity index is 1.93. The van der Waals surface area contributed by atoms with Gasteiger partial charge >= 0.3 is 0 Å². The Morgan fingerprint density at radius 2 is 2.00 bits per heavy atom. The summed E-state index contributed by atoms with van der Waals surface area (Å²) in [4.78, 5) is 1.37. The molecule has 1 rings (SSSR count). The molecule has 0 amide bonds. The average molecular weight is 292 g/mol. The van der Waals surface area contributed by atoms with E-state index in [4.69, 9.17) is 5.11 Å². The van der Waals surface area contributed by atoms with Crippen LogP contribution in [0, 0.1) is 0 Å². The predicted molar refractivity (Wildman–Crippen MR) is 69.3 cm³/mol. The van der Waals surface area contributed by atoms with Crippen molar-refractivity contribution in [3.05, 3.63) is 20.8 Å². The lowest BCUT2D eigenvalue weighted by atomic mass is 10.2. The van der Waals surface area contributed by atoms with Crippen molar-refractivity contribution in [3.63, 3.8) is 0 Å². The zero-order valence-corrected chi connectivity index (χ0v) is 11.2. The van der Waals surface area contributed by atoms with Gasteiger partial charge in [-0.05, 0) is 47.4 Å². The van der Waals surface area contributed by atoms with E-state index in [1.165, 1.54) is 21.5 Å². The van der Waals surface area contributed by atoms with Crippen LogP contribution in [0.3, 0.4) is 0 Å². The van der Waals surface area contributed by atoms with Gasteiger partial charge in [-0.2, -0.15) is 0 Å². The number of aliphatic hydroxyl groups is 1. The van der Waals surface area contributed by atoms with Gasteiger partial charge in [0.1, 0.15) is 0 Å². The van der Waals surface area contributed by atoms with Crippen LogP contribution in [0.15, 0.2) is 15.9 Å². The fourth-order valence-corrected chi connectivity index (χ4v) is 2.83. The first kappa shape index (κ1) is 13.2. The van der Waals surface area contributed by atoms with Crippen molar-refractivity contribution in [2.24, 2.45) is 0 Å². The molecule has 0 aromatic carbocycles. The van der Waals surface area contributed by atoms with Crippen molar-refractivity contribution >= 4 is 27.3 Å². The van der Waals surface area contributed by atoms with Crippen LogP contribution in [0.1, 0.15) is 30.6 Å². The lowest BCUT2D eigenvalue weighted by molar-refractivity contribution is 0.282. The summed E-state index contributed by atoms with van der Waals surface area (Å²) in [6, 6.07) is 4.23. The molecule has 1 heterocycles. The van der Waals surface area contributed by atoms with Crippen LogP contribution in [0.5, 0.6) is 0 Å². The maximum Gasteiger partial charge on any atom is 0.0701 e. The summed E-state index contributed by atoms with van der Waals surface area (Å²) in [5.74, 6) is 0. The summed E-state index contributed by atoms with van der Waals surface area (Å²) in [6.45, 7) is 2.37. The Labute approximate surface area is 104 Å². The normalized spacial score (nSPS) is 10.8. The van der Waals surface area contributed by atoms with Gasteiger partial charge < -0.3 is 10.4 Å². The molecule has 0 bridgehead atoms. The fourth-order valence-electron chi connectivity index (χ4n) is 1.37. The molecule has 0 spiro atoms. The molecule has 1 aromatic rings. The maximum atomic E-state index is 8.60. The highest BCUT2D eigenvalue weighted by Crippen LogP contribution is 2.21. The first-order chi connectivity index (χ1) is 7.33. The van der Waals surface area contributed by atoms with Crippen LogP contribution < -0.4 is 5.32 Å². The van der Waals surface area contributed by atoms with Gasteiger partial charge in [0.25, 0.3) is 0 Å². The molecule has 2 nitrogen and oxygen atoms in total. The minimum absolute atomic E-state index is 0.330. The summed E-state index contributed by atoms with van der Waals surface area (Å²) in [5.41, 5.74) is 0. The molecule has 0 atom stereocenters. The van der Waals surface area contributed by atoms with Gasteiger partial charge in [-0.1, -0.05) is 12.8 Å². The molecule has 86 valence electrons. The topological polar surface area (TPSA) is 32.3 Å². The molecule has 0 fully saturated rings. The van der Waals surface area contributed by atoms with Crippen molar-refractivity contribution in [1.82, 2.24) is 5.32 Å². The fraction of sp³-hybridized carbons (Fsp3) is 0.636. The molecule has 4 heteroatoms. The van der Waals surface area contributed by atoms with Gasteiger partial charge in [-0.25, -0.2) is 0 Å². The molecular weight excluding hydrogens is 274 g/mol. The van der Waals surface area contributed by atoms with Crippen molar-refractivity contribution in [3.8, 4) is 0 Å². The summed E-state index contributed by atoms with van der Waals surface area (Å²) in [7, 11) is 0. The first-order valence-corrected chi connectivity index (χ1v) is 6.99. The third-order valence-electron chi connectivity index (χ3n) is 2.19. The Morgan fingerprint density at radius 3 is 2.67 bits per heavy atom. The number of hydrogen-bond acceptors (Lipinski definition) is 3. The zero-order chi connectivity index (χ0) is 10.9. The smallest absolute Gasteiger partial charge is 0.0701 e. The highest BCUT2D eigenvalue weighted by molar-refractivity contribution is 9.11. The monoisotopic (exact) mass is 291 g/mol. The second-order valence-electron chi connectivity index (χ2n) is 3.52. The summed E-state index contributed by atoms with van der Waals surface area (Å²) >= 11 is 5.23. The molecule has 2 N–H and O–H groups in total. The molecule has 0 aliphatic heterocycles. The van der Waals surface area contributed by atoms with Gasteiger partial charge in [0.15, 0.2) is 0 Å². The lowest BCUT2D eigenvalue weighted by Gasteiger charge is -2.02. The van der Waals surface area contributed by atoms with Crippen molar-refractivity contribution < 1.29 is 5.11 Å². The maximum absolute atomic E-state index is 8.60. The van der Waals surface area contributed by atoms with E-state index in [2.05, 4.69) is 33.4 Å². The van der Waals surface area contributed by atoms with E-state index in [1.807, 2.05) is 0 Å². The Morgan fingerprint density at radius 1 is 1.20 bits per heavy atom. The van der Waals surface area contributed by atoms with Crippen LogP contribution in [-0.4, -0.2) is 18.3 Å². The second kappa shape index (κ2) is 8.28. The van der Waals surface area contributed by atoms with Crippen molar-refractivity contribution in [1.29, 1.82) is 0 Å². The number of aliphatic hydroxyl groups excluding tert-OH is 1. The van der Waals surface area contributed by atoms with Gasteiger partial charge in [0.05, 0.1) is 3.79 Å². The molecule has 0 saturated heterocycles. The summed E-state index contributed by atoms with van der Waals surface area (Å²) < 4.78 is 1.20. The van der Waals surface area contributed by atoms with Crippen LogP contribution in [0.25, 0.3) is 0 Å². The van der Waals surface area contributed by atoms with E-state index in [1.54, 1.807) is 11.3 Å². The summed E-state index contributed by atoms with van der Waals surface area (Å²) in [6.07, 6.45) is 4.49. The number of thiophene rings is 1. The minimum atomic E-state index is 0.330. The second-order valence-corrected chi connectivity index (χ2v) is 6.07. The van der Waals surface area contributed by atoms with E-state index < -0.39 is 0 Å². The number of rotatable bonds is 8. The van der Waals surface area contributed by atoms with Crippen LogP contribution in [-0.2, 0) is 6.54 Å². The van der Waals surface area contributed by atoms with Gasteiger partial charge in [0.2, 0.25) is 0 Å². The molecule has 0 unspecified atom stereocenters. The number of nitrogens with one attached hydrogen (secondary N) is 1. The van der Waals surface area contributed by atoms with E-state index >= 15 is 0 Å². The number of unbranched alkanes of at least 4 members (excludes halogenated alkanes) is 3. The zero-order valence-electron chi connectivity index (χ0n) is 8.84. The quantitative estimate of drug-likeness (QED) is 0.721. The number of halogens is 1. The molecule has 0 saturated carbocycles. The molecular formula is C11H18BrNOS. The molecule has 1 aromatic heterocycles. The Hall–Kier alpha value is 0.1000. The van der Waals surface area contributed by atoms with Crippen LogP contribution >= 0.6 is 27.3 Å². The van der Waals surface area contributed by atoms with E-state index in [-0.39, 0.29) is 0 Å². The molecule has 0 aliphatic carbocycles. The highest BCUT2D eigenvalue weighted by Gasteiger charge is 1.96. The van der Waals surface area contributed by atoms with Crippen molar-refractivity contribution in [2.75, 3.05) is 13.2 Å². The molecule has 0 aliphatic rings. The minimum Gasteiger partial charge on any atom is -0.396 e. The standard InChI is InChI=1S/C11H18BrNOS/c12-11-6-5-10(15-11)9-13-7-3-1-2-4-8-14/h5-6,13-14H,1-4,7-9H2. The van der Waals surface area contributed by atoms with Gasteiger partial charge in [-0.3, -0.25) is 0 Å². The lowest BCUT2D eigenvalue weighted by Crippen LogP contribution is -2.13. The third kappa shape index (κ3) is 6.30. The largest absolute Gasteiger partial charge is 0.396 e.